The molecule has 0 amide bonds. The number of hydrogen-bond donors (Lipinski definition) is 0. The maximum atomic E-state index is 5.94. The van der Waals surface area contributed by atoms with Crippen molar-refractivity contribution < 1.29 is 18.9 Å². The normalized spacial score (nSPS) is 23.0. The zero-order chi connectivity index (χ0) is 17.3. The minimum absolute atomic E-state index is 0.00411. The minimum Gasteiger partial charge on any atom is -0.376 e. The molecule has 1 heterocycles. The lowest BCUT2D eigenvalue weighted by molar-refractivity contribution is -0.132. The first kappa shape index (κ1) is 18.1. The van der Waals surface area contributed by atoms with Crippen molar-refractivity contribution in [3.8, 4) is 0 Å². The van der Waals surface area contributed by atoms with Crippen LogP contribution < -0.4 is 0 Å². The summed E-state index contributed by atoms with van der Waals surface area (Å²) in [6, 6.07) is 20.4. The van der Waals surface area contributed by atoms with E-state index in [2.05, 4.69) is 24.3 Å². The first-order valence-corrected chi connectivity index (χ1v) is 8.76. The molecule has 0 bridgehead atoms. The van der Waals surface area contributed by atoms with Gasteiger partial charge in [-0.2, -0.15) is 0 Å². The molecule has 1 fully saturated rings. The third-order valence-corrected chi connectivity index (χ3v) is 4.45. The van der Waals surface area contributed by atoms with Crippen molar-refractivity contribution in [2.24, 2.45) is 5.92 Å². The number of methoxy groups -OCH3 is 1. The number of ether oxygens (including phenoxy) is 4. The fourth-order valence-electron chi connectivity index (χ4n) is 3.03. The summed E-state index contributed by atoms with van der Waals surface area (Å²) in [6.45, 7) is 2.41. The first-order chi connectivity index (χ1) is 12.3. The highest BCUT2D eigenvalue weighted by Gasteiger charge is 2.35. The number of hydrogen-bond acceptors (Lipinski definition) is 4. The van der Waals surface area contributed by atoms with E-state index >= 15 is 0 Å². The van der Waals surface area contributed by atoms with Crippen molar-refractivity contribution in [2.45, 2.75) is 32.0 Å². The van der Waals surface area contributed by atoms with Gasteiger partial charge in [0.1, 0.15) is 0 Å². The molecule has 134 valence electrons. The Labute approximate surface area is 149 Å². The maximum absolute atomic E-state index is 5.94. The van der Waals surface area contributed by atoms with Crippen LogP contribution in [0.1, 0.15) is 17.5 Å². The molecule has 1 aliphatic heterocycles. The lowest BCUT2D eigenvalue weighted by atomic mass is 10.0. The molecule has 4 heteroatoms. The van der Waals surface area contributed by atoms with Gasteiger partial charge in [0, 0.05) is 19.4 Å². The van der Waals surface area contributed by atoms with Crippen LogP contribution in [0.4, 0.5) is 0 Å². The lowest BCUT2D eigenvalue weighted by Gasteiger charge is -2.18. The van der Waals surface area contributed by atoms with Crippen LogP contribution in [0.3, 0.4) is 0 Å². The van der Waals surface area contributed by atoms with Crippen molar-refractivity contribution in [2.75, 3.05) is 20.3 Å². The molecule has 0 radical (unpaired) electrons. The second kappa shape index (κ2) is 9.68. The lowest BCUT2D eigenvalue weighted by Crippen LogP contribution is -2.26. The van der Waals surface area contributed by atoms with E-state index in [1.807, 2.05) is 36.4 Å². The van der Waals surface area contributed by atoms with Gasteiger partial charge in [-0.25, -0.2) is 0 Å². The average Bonchev–Trinajstić information content (AvgIpc) is 3.06. The highest BCUT2D eigenvalue weighted by molar-refractivity contribution is 5.14. The fourth-order valence-corrected chi connectivity index (χ4v) is 3.03. The maximum Gasteiger partial charge on any atom is 0.158 e. The molecule has 25 heavy (non-hydrogen) atoms. The van der Waals surface area contributed by atoms with Gasteiger partial charge in [0.15, 0.2) is 6.29 Å². The van der Waals surface area contributed by atoms with E-state index in [9.17, 15) is 0 Å². The SMILES string of the molecule is CO[C@H]1C[C@H](COCc2ccccc2)[C@@H](COCc2ccccc2)O1. The van der Waals surface area contributed by atoms with Gasteiger partial charge in [0.05, 0.1) is 32.5 Å². The molecule has 3 rings (SSSR count). The van der Waals surface area contributed by atoms with Gasteiger partial charge in [-0.05, 0) is 11.1 Å². The summed E-state index contributed by atoms with van der Waals surface area (Å²) in [5.41, 5.74) is 2.35. The van der Waals surface area contributed by atoms with E-state index in [-0.39, 0.29) is 18.3 Å². The Bertz CT molecular complexity index is 548. The van der Waals surface area contributed by atoms with E-state index < -0.39 is 0 Å². The molecule has 4 nitrogen and oxygen atoms in total. The third kappa shape index (κ3) is 5.65. The Morgan fingerprint density at radius 2 is 1.40 bits per heavy atom. The zero-order valence-electron chi connectivity index (χ0n) is 14.7. The molecule has 3 atom stereocenters. The van der Waals surface area contributed by atoms with Gasteiger partial charge in [-0.3, -0.25) is 0 Å². The van der Waals surface area contributed by atoms with Crippen LogP contribution in [0.25, 0.3) is 0 Å². The van der Waals surface area contributed by atoms with Crippen LogP contribution in [-0.4, -0.2) is 32.7 Å². The van der Waals surface area contributed by atoms with Gasteiger partial charge in [-0.15, -0.1) is 0 Å². The number of rotatable bonds is 9. The van der Waals surface area contributed by atoms with Crippen molar-refractivity contribution in [1.29, 1.82) is 0 Å². The topological polar surface area (TPSA) is 36.9 Å². The zero-order valence-corrected chi connectivity index (χ0v) is 14.7. The van der Waals surface area contributed by atoms with Crippen LogP contribution >= 0.6 is 0 Å². The van der Waals surface area contributed by atoms with E-state index in [1.165, 1.54) is 11.1 Å². The molecule has 2 aromatic rings. The average molecular weight is 342 g/mol. The molecule has 0 N–H and O–H groups in total. The predicted octanol–water partition coefficient (Wildman–Crippen LogP) is 3.80. The molecule has 2 aromatic carbocycles. The molecular weight excluding hydrogens is 316 g/mol. The monoisotopic (exact) mass is 342 g/mol. The molecule has 0 saturated carbocycles. The van der Waals surface area contributed by atoms with Crippen LogP contribution in [0.5, 0.6) is 0 Å². The smallest absolute Gasteiger partial charge is 0.158 e. The quantitative estimate of drug-likeness (QED) is 0.695. The predicted molar refractivity (Wildman–Crippen MR) is 96.0 cm³/mol. The molecule has 1 saturated heterocycles. The van der Waals surface area contributed by atoms with Crippen molar-refractivity contribution >= 4 is 0 Å². The summed E-state index contributed by atoms with van der Waals surface area (Å²) in [7, 11) is 1.68. The summed E-state index contributed by atoms with van der Waals surface area (Å²) in [5.74, 6) is 0.282. The van der Waals surface area contributed by atoms with Crippen LogP contribution in [0, 0.1) is 5.92 Å². The van der Waals surface area contributed by atoms with E-state index in [4.69, 9.17) is 18.9 Å². The molecule has 0 unspecified atom stereocenters. The Hall–Kier alpha value is -1.72. The third-order valence-electron chi connectivity index (χ3n) is 4.45. The van der Waals surface area contributed by atoms with Gasteiger partial charge < -0.3 is 18.9 Å². The van der Waals surface area contributed by atoms with Gasteiger partial charge in [0.25, 0.3) is 0 Å². The Kier molecular flexibility index (Phi) is 7.00. The summed E-state index contributed by atoms with van der Waals surface area (Å²) in [4.78, 5) is 0. The van der Waals surface area contributed by atoms with Crippen LogP contribution in [0.2, 0.25) is 0 Å². The minimum atomic E-state index is -0.171. The molecule has 0 spiro atoms. The standard InChI is InChI=1S/C21H26O4/c1-22-21-12-19(15-23-13-17-8-4-2-5-9-17)20(25-21)16-24-14-18-10-6-3-7-11-18/h2-11,19-21H,12-16H2,1H3/t19-,20-,21-/m1/s1. The first-order valence-electron chi connectivity index (χ1n) is 8.76. The van der Waals surface area contributed by atoms with Crippen molar-refractivity contribution in [3.63, 3.8) is 0 Å². The van der Waals surface area contributed by atoms with Gasteiger partial charge in [0.2, 0.25) is 0 Å². The second-order valence-electron chi connectivity index (χ2n) is 6.34. The van der Waals surface area contributed by atoms with Crippen molar-refractivity contribution in [3.05, 3.63) is 71.8 Å². The van der Waals surface area contributed by atoms with Crippen LogP contribution in [-0.2, 0) is 32.2 Å². The summed E-state index contributed by atoms with van der Waals surface area (Å²) in [5, 5.41) is 0. The Balaban J connectivity index is 1.44. The largest absolute Gasteiger partial charge is 0.376 e. The summed E-state index contributed by atoms with van der Waals surface area (Å²) in [6.07, 6.45) is 0.671. The molecule has 0 aromatic heterocycles. The summed E-state index contributed by atoms with van der Waals surface area (Å²) < 4.78 is 23.1. The highest BCUT2D eigenvalue weighted by Crippen LogP contribution is 2.28. The Morgan fingerprint density at radius 1 is 0.840 bits per heavy atom. The molecular formula is C21H26O4. The van der Waals surface area contributed by atoms with E-state index in [1.54, 1.807) is 7.11 Å². The summed E-state index contributed by atoms with van der Waals surface area (Å²) >= 11 is 0. The van der Waals surface area contributed by atoms with Gasteiger partial charge in [-0.1, -0.05) is 60.7 Å². The Morgan fingerprint density at radius 3 is 1.96 bits per heavy atom. The van der Waals surface area contributed by atoms with Gasteiger partial charge >= 0.3 is 0 Å². The highest BCUT2D eigenvalue weighted by atomic mass is 16.7. The second-order valence-corrected chi connectivity index (χ2v) is 6.34. The molecule has 1 aliphatic rings. The van der Waals surface area contributed by atoms with Crippen molar-refractivity contribution in [1.82, 2.24) is 0 Å². The number of benzene rings is 2. The van der Waals surface area contributed by atoms with Crippen LogP contribution in [0.15, 0.2) is 60.7 Å². The fraction of sp³-hybridized carbons (Fsp3) is 0.429. The molecule has 0 aliphatic carbocycles. The van der Waals surface area contributed by atoms with E-state index in [0.717, 1.165) is 6.42 Å². The van der Waals surface area contributed by atoms with E-state index in [0.29, 0.717) is 26.4 Å².